The van der Waals surface area contributed by atoms with Crippen molar-refractivity contribution < 1.29 is 4.79 Å². The zero-order valence-corrected chi connectivity index (χ0v) is 12.2. The van der Waals surface area contributed by atoms with Crippen molar-refractivity contribution in [2.45, 2.75) is 12.8 Å². The van der Waals surface area contributed by atoms with E-state index in [9.17, 15) is 4.79 Å². The van der Waals surface area contributed by atoms with Crippen molar-refractivity contribution in [1.29, 1.82) is 0 Å². The van der Waals surface area contributed by atoms with Crippen molar-refractivity contribution in [3.8, 4) is 0 Å². The van der Waals surface area contributed by atoms with Gasteiger partial charge in [0.1, 0.15) is 5.82 Å². The minimum Gasteiger partial charge on any atom is -0.370 e. The van der Waals surface area contributed by atoms with E-state index in [2.05, 4.69) is 15.6 Å². The molecule has 0 spiro atoms. The van der Waals surface area contributed by atoms with E-state index in [0.29, 0.717) is 16.3 Å². The Bertz CT molecular complexity index is 638. The van der Waals surface area contributed by atoms with Gasteiger partial charge in [-0.1, -0.05) is 17.7 Å². The van der Waals surface area contributed by atoms with Crippen LogP contribution in [0.1, 0.15) is 23.2 Å². The fourth-order valence-electron chi connectivity index (χ4n) is 1.97. The van der Waals surface area contributed by atoms with E-state index in [1.165, 1.54) is 12.8 Å². The summed E-state index contributed by atoms with van der Waals surface area (Å²) in [7, 11) is 0. The number of aromatic nitrogens is 1. The third kappa shape index (κ3) is 3.95. The molecule has 4 nitrogen and oxygen atoms in total. The van der Waals surface area contributed by atoms with Crippen LogP contribution in [0, 0.1) is 5.92 Å². The predicted octanol–water partition coefficient (Wildman–Crippen LogP) is 3.81. The van der Waals surface area contributed by atoms with Crippen molar-refractivity contribution in [3.63, 3.8) is 0 Å². The molecule has 1 aromatic carbocycles. The summed E-state index contributed by atoms with van der Waals surface area (Å²) in [4.78, 5) is 16.4. The molecule has 1 saturated carbocycles. The Kier molecular flexibility index (Phi) is 4.06. The number of nitrogens with one attached hydrogen (secondary N) is 2. The summed E-state index contributed by atoms with van der Waals surface area (Å²) in [6.45, 7) is 0.959. The third-order valence-electron chi connectivity index (χ3n) is 3.38. The van der Waals surface area contributed by atoms with Crippen LogP contribution in [-0.2, 0) is 0 Å². The normalized spacial score (nSPS) is 13.8. The van der Waals surface area contributed by atoms with Gasteiger partial charge in [-0.25, -0.2) is 4.98 Å². The number of carbonyl (C=O) groups is 1. The third-order valence-corrected chi connectivity index (χ3v) is 3.61. The van der Waals surface area contributed by atoms with Gasteiger partial charge in [0, 0.05) is 23.5 Å². The lowest BCUT2D eigenvalue weighted by Gasteiger charge is -2.07. The highest BCUT2D eigenvalue weighted by Gasteiger charge is 2.20. The predicted molar refractivity (Wildman–Crippen MR) is 84.9 cm³/mol. The second-order valence-electron chi connectivity index (χ2n) is 5.22. The summed E-state index contributed by atoms with van der Waals surface area (Å²) in [5.41, 5.74) is 1.19. The van der Waals surface area contributed by atoms with Crippen LogP contribution in [0.2, 0.25) is 5.02 Å². The van der Waals surface area contributed by atoms with Gasteiger partial charge >= 0.3 is 0 Å². The largest absolute Gasteiger partial charge is 0.370 e. The van der Waals surface area contributed by atoms with E-state index in [1.807, 2.05) is 6.07 Å². The summed E-state index contributed by atoms with van der Waals surface area (Å²) in [6.07, 6.45) is 4.18. The van der Waals surface area contributed by atoms with E-state index >= 15 is 0 Å². The molecule has 1 amide bonds. The van der Waals surface area contributed by atoms with Crippen molar-refractivity contribution >= 4 is 29.0 Å². The molecule has 0 atom stereocenters. The van der Waals surface area contributed by atoms with Gasteiger partial charge in [-0.3, -0.25) is 4.79 Å². The standard InChI is InChI=1S/C16H16ClN3O/c17-13-2-1-3-14(8-13)20-16(21)12-6-7-15(19-10-12)18-9-11-4-5-11/h1-3,6-8,10-11H,4-5,9H2,(H,18,19)(H,20,21). The Balaban J connectivity index is 1.61. The molecule has 0 saturated heterocycles. The molecule has 0 radical (unpaired) electrons. The van der Waals surface area contributed by atoms with Crippen LogP contribution in [0.5, 0.6) is 0 Å². The Morgan fingerprint density at radius 1 is 1.29 bits per heavy atom. The molecule has 0 unspecified atom stereocenters. The van der Waals surface area contributed by atoms with E-state index in [4.69, 9.17) is 11.6 Å². The Labute approximate surface area is 128 Å². The summed E-state index contributed by atoms with van der Waals surface area (Å²) in [6, 6.07) is 10.7. The van der Waals surface area contributed by atoms with Gasteiger partial charge in [0.25, 0.3) is 5.91 Å². The monoisotopic (exact) mass is 301 g/mol. The van der Waals surface area contributed by atoms with Gasteiger partial charge in [-0.05, 0) is 49.1 Å². The van der Waals surface area contributed by atoms with E-state index in [-0.39, 0.29) is 5.91 Å². The lowest BCUT2D eigenvalue weighted by molar-refractivity contribution is 0.102. The second-order valence-corrected chi connectivity index (χ2v) is 5.66. The first-order valence-corrected chi connectivity index (χ1v) is 7.35. The molecule has 1 aliphatic rings. The first-order valence-electron chi connectivity index (χ1n) is 6.97. The number of hydrogen-bond acceptors (Lipinski definition) is 3. The molecule has 21 heavy (non-hydrogen) atoms. The molecule has 3 rings (SSSR count). The van der Waals surface area contributed by atoms with Gasteiger partial charge < -0.3 is 10.6 Å². The van der Waals surface area contributed by atoms with E-state index in [1.54, 1.807) is 36.5 Å². The molecule has 0 bridgehead atoms. The first-order chi connectivity index (χ1) is 10.2. The number of hydrogen-bond donors (Lipinski definition) is 2. The number of nitrogens with zero attached hydrogens (tertiary/aromatic N) is 1. The number of anilines is 2. The Morgan fingerprint density at radius 3 is 2.81 bits per heavy atom. The molecular formula is C16H16ClN3O. The van der Waals surface area contributed by atoms with Crippen LogP contribution in [0.25, 0.3) is 0 Å². The average Bonchev–Trinajstić information content (AvgIpc) is 3.30. The fourth-order valence-corrected chi connectivity index (χ4v) is 2.16. The molecule has 5 heteroatoms. The zero-order chi connectivity index (χ0) is 14.7. The lowest BCUT2D eigenvalue weighted by atomic mass is 10.2. The van der Waals surface area contributed by atoms with Crippen LogP contribution in [0.3, 0.4) is 0 Å². The molecule has 1 heterocycles. The van der Waals surface area contributed by atoms with Crippen molar-refractivity contribution in [3.05, 3.63) is 53.2 Å². The van der Waals surface area contributed by atoms with Crippen molar-refractivity contribution in [1.82, 2.24) is 4.98 Å². The SMILES string of the molecule is O=C(Nc1cccc(Cl)c1)c1ccc(NCC2CC2)nc1. The zero-order valence-electron chi connectivity index (χ0n) is 11.5. The Morgan fingerprint density at radius 2 is 2.14 bits per heavy atom. The smallest absolute Gasteiger partial charge is 0.257 e. The number of benzene rings is 1. The molecule has 2 N–H and O–H groups in total. The molecule has 1 aliphatic carbocycles. The topological polar surface area (TPSA) is 54.0 Å². The summed E-state index contributed by atoms with van der Waals surface area (Å²) in [5.74, 6) is 1.40. The van der Waals surface area contributed by atoms with Crippen LogP contribution >= 0.6 is 11.6 Å². The highest BCUT2D eigenvalue weighted by atomic mass is 35.5. The van der Waals surface area contributed by atoms with Crippen LogP contribution in [-0.4, -0.2) is 17.4 Å². The average molecular weight is 302 g/mol. The molecule has 2 aromatic rings. The minimum atomic E-state index is -0.196. The highest BCUT2D eigenvalue weighted by molar-refractivity contribution is 6.30. The summed E-state index contributed by atoms with van der Waals surface area (Å²) in [5, 5.41) is 6.65. The van der Waals surface area contributed by atoms with Gasteiger partial charge in [0.05, 0.1) is 5.56 Å². The quantitative estimate of drug-likeness (QED) is 0.883. The van der Waals surface area contributed by atoms with Crippen LogP contribution in [0.15, 0.2) is 42.6 Å². The van der Waals surface area contributed by atoms with Gasteiger partial charge in [-0.2, -0.15) is 0 Å². The van der Waals surface area contributed by atoms with Gasteiger partial charge in [0.15, 0.2) is 0 Å². The maximum Gasteiger partial charge on any atom is 0.257 e. The number of pyridine rings is 1. The molecular weight excluding hydrogens is 286 g/mol. The van der Waals surface area contributed by atoms with Crippen molar-refractivity contribution in [2.75, 3.05) is 17.2 Å². The molecule has 0 aliphatic heterocycles. The van der Waals surface area contributed by atoms with Crippen LogP contribution < -0.4 is 10.6 Å². The summed E-state index contributed by atoms with van der Waals surface area (Å²) >= 11 is 5.89. The minimum absolute atomic E-state index is 0.196. The highest BCUT2D eigenvalue weighted by Crippen LogP contribution is 2.28. The number of carbonyl (C=O) groups excluding carboxylic acids is 1. The number of halogens is 1. The fraction of sp³-hybridized carbons (Fsp3) is 0.250. The number of amides is 1. The first kappa shape index (κ1) is 13.9. The number of rotatable bonds is 5. The van der Waals surface area contributed by atoms with E-state index in [0.717, 1.165) is 18.3 Å². The summed E-state index contributed by atoms with van der Waals surface area (Å²) < 4.78 is 0. The maximum atomic E-state index is 12.1. The van der Waals surface area contributed by atoms with Crippen molar-refractivity contribution in [2.24, 2.45) is 5.92 Å². The van der Waals surface area contributed by atoms with Gasteiger partial charge in [0.2, 0.25) is 0 Å². The lowest BCUT2D eigenvalue weighted by Crippen LogP contribution is -2.12. The van der Waals surface area contributed by atoms with Crippen LogP contribution in [0.4, 0.5) is 11.5 Å². The van der Waals surface area contributed by atoms with E-state index < -0.39 is 0 Å². The van der Waals surface area contributed by atoms with Gasteiger partial charge in [-0.15, -0.1) is 0 Å². The molecule has 108 valence electrons. The Hall–Kier alpha value is -2.07. The molecule has 1 aromatic heterocycles. The second kappa shape index (κ2) is 6.14. The maximum absolute atomic E-state index is 12.1. The molecule has 1 fully saturated rings.